The van der Waals surface area contributed by atoms with Crippen LogP contribution < -0.4 is 5.32 Å². The second-order valence-corrected chi connectivity index (χ2v) is 6.54. The number of nitrogens with zero attached hydrogens (tertiary/aromatic N) is 1. The molecule has 1 aromatic rings. The van der Waals surface area contributed by atoms with Gasteiger partial charge in [-0.25, -0.2) is 0 Å². The molecule has 2 rings (SSSR count). The summed E-state index contributed by atoms with van der Waals surface area (Å²) in [6, 6.07) is 7.96. The number of carbonyl (C=O) groups excluding carboxylic acids is 1. The molecule has 1 fully saturated rings. The summed E-state index contributed by atoms with van der Waals surface area (Å²) in [6.07, 6.45) is 4.31. The van der Waals surface area contributed by atoms with E-state index in [0.717, 1.165) is 57.0 Å². The Hall–Kier alpha value is -1.39. The number of nitrogens with one attached hydrogen (secondary N) is 1. The van der Waals surface area contributed by atoms with Crippen LogP contribution in [0.1, 0.15) is 38.2 Å². The highest BCUT2D eigenvalue weighted by atomic mass is 16.5. The summed E-state index contributed by atoms with van der Waals surface area (Å²) in [5, 5.41) is 3.06. The zero-order valence-electron chi connectivity index (χ0n) is 14.7. The molecule has 0 spiro atoms. The van der Waals surface area contributed by atoms with Crippen LogP contribution in [0.5, 0.6) is 0 Å². The van der Waals surface area contributed by atoms with Crippen molar-refractivity contribution in [3.8, 4) is 0 Å². The van der Waals surface area contributed by atoms with Gasteiger partial charge in [-0.1, -0.05) is 24.6 Å². The van der Waals surface area contributed by atoms with E-state index in [2.05, 4.69) is 17.1 Å². The topological polar surface area (TPSA) is 41.6 Å². The van der Waals surface area contributed by atoms with Crippen molar-refractivity contribution >= 4 is 11.6 Å². The van der Waals surface area contributed by atoms with Crippen molar-refractivity contribution in [1.82, 2.24) is 4.90 Å². The quantitative estimate of drug-likeness (QED) is 0.837. The predicted molar refractivity (Wildman–Crippen MR) is 94.7 cm³/mol. The highest BCUT2D eigenvalue weighted by Crippen LogP contribution is 2.23. The third-order valence-electron chi connectivity index (χ3n) is 4.83. The van der Waals surface area contributed by atoms with Crippen LogP contribution in [-0.2, 0) is 9.53 Å². The standard InChI is InChI=1S/C19H30N2O2/c1-4-18(19(22)20-17-7-5-15(2)6-8-17)21-12-9-16(10-13-21)11-14-23-3/h5-8,16,18H,4,9-14H2,1-3H3,(H,20,22). The fraction of sp³-hybridized carbons (Fsp3) is 0.632. The van der Waals surface area contributed by atoms with E-state index in [4.69, 9.17) is 4.74 Å². The summed E-state index contributed by atoms with van der Waals surface area (Å²) in [4.78, 5) is 14.9. The van der Waals surface area contributed by atoms with Gasteiger partial charge in [-0.3, -0.25) is 9.69 Å². The molecule has 1 saturated heterocycles. The van der Waals surface area contributed by atoms with Crippen LogP contribution in [0.3, 0.4) is 0 Å². The highest BCUT2D eigenvalue weighted by Gasteiger charge is 2.28. The van der Waals surface area contributed by atoms with Crippen molar-refractivity contribution in [1.29, 1.82) is 0 Å². The van der Waals surface area contributed by atoms with Crippen LogP contribution in [0.2, 0.25) is 0 Å². The molecule has 4 heteroatoms. The van der Waals surface area contributed by atoms with Gasteiger partial charge in [0.2, 0.25) is 5.91 Å². The number of rotatable bonds is 7. The van der Waals surface area contributed by atoms with Crippen molar-refractivity contribution in [2.75, 3.05) is 32.1 Å². The molecule has 1 N–H and O–H groups in total. The molecule has 23 heavy (non-hydrogen) atoms. The molecular weight excluding hydrogens is 288 g/mol. The van der Waals surface area contributed by atoms with Gasteiger partial charge < -0.3 is 10.1 Å². The van der Waals surface area contributed by atoms with Gasteiger partial charge in [-0.2, -0.15) is 0 Å². The molecule has 1 aromatic carbocycles. The second-order valence-electron chi connectivity index (χ2n) is 6.54. The molecule has 1 atom stereocenters. The number of hydrogen-bond acceptors (Lipinski definition) is 3. The third-order valence-corrected chi connectivity index (χ3v) is 4.83. The fourth-order valence-corrected chi connectivity index (χ4v) is 3.31. The smallest absolute Gasteiger partial charge is 0.241 e. The van der Waals surface area contributed by atoms with Gasteiger partial charge in [-0.15, -0.1) is 0 Å². The molecule has 4 nitrogen and oxygen atoms in total. The van der Waals surface area contributed by atoms with Gasteiger partial charge in [-0.05, 0) is 63.7 Å². The van der Waals surface area contributed by atoms with E-state index in [9.17, 15) is 4.79 Å². The molecule has 0 saturated carbocycles. The van der Waals surface area contributed by atoms with Crippen molar-refractivity contribution in [3.63, 3.8) is 0 Å². The summed E-state index contributed by atoms with van der Waals surface area (Å²) < 4.78 is 5.18. The lowest BCUT2D eigenvalue weighted by atomic mass is 9.92. The summed E-state index contributed by atoms with van der Waals surface area (Å²) in [5.74, 6) is 0.857. The van der Waals surface area contributed by atoms with E-state index >= 15 is 0 Å². The number of aryl methyl sites for hydroxylation is 1. The van der Waals surface area contributed by atoms with Gasteiger partial charge in [0.25, 0.3) is 0 Å². The maximum Gasteiger partial charge on any atom is 0.241 e. The molecule has 128 valence electrons. The second kappa shape index (κ2) is 9.04. The minimum absolute atomic E-state index is 0.0281. The Morgan fingerprint density at radius 2 is 1.96 bits per heavy atom. The molecule has 0 aromatic heterocycles. The highest BCUT2D eigenvalue weighted by molar-refractivity contribution is 5.94. The molecule has 0 aliphatic carbocycles. The summed E-state index contributed by atoms with van der Waals surface area (Å²) in [6.45, 7) is 7.00. The first-order valence-corrected chi connectivity index (χ1v) is 8.74. The number of amides is 1. The number of anilines is 1. The minimum Gasteiger partial charge on any atom is -0.385 e. The molecule has 0 radical (unpaired) electrons. The minimum atomic E-state index is -0.0281. The van der Waals surface area contributed by atoms with Crippen molar-refractivity contribution < 1.29 is 9.53 Å². The van der Waals surface area contributed by atoms with Crippen LogP contribution >= 0.6 is 0 Å². The molecule has 0 bridgehead atoms. The number of piperidine rings is 1. The Bertz CT molecular complexity index is 479. The van der Waals surface area contributed by atoms with E-state index in [-0.39, 0.29) is 11.9 Å². The largest absolute Gasteiger partial charge is 0.385 e. The van der Waals surface area contributed by atoms with Crippen molar-refractivity contribution in [2.45, 2.75) is 45.6 Å². The van der Waals surface area contributed by atoms with E-state index < -0.39 is 0 Å². The molecule has 1 amide bonds. The van der Waals surface area contributed by atoms with E-state index in [1.807, 2.05) is 31.2 Å². The Labute approximate surface area is 140 Å². The Balaban J connectivity index is 1.87. The first-order chi connectivity index (χ1) is 11.1. The lowest BCUT2D eigenvalue weighted by Crippen LogP contribution is -2.47. The van der Waals surface area contributed by atoms with E-state index in [1.54, 1.807) is 7.11 Å². The molecular formula is C19H30N2O2. The zero-order chi connectivity index (χ0) is 16.7. The summed E-state index contributed by atoms with van der Waals surface area (Å²) in [5.41, 5.74) is 2.09. The van der Waals surface area contributed by atoms with Gasteiger partial charge in [0.1, 0.15) is 0 Å². The Morgan fingerprint density at radius 1 is 1.30 bits per heavy atom. The fourth-order valence-electron chi connectivity index (χ4n) is 3.31. The van der Waals surface area contributed by atoms with Gasteiger partial charge in [0.15, 0.2) is 0 Å². The van der Waals surface area contributed by atoms with Crippen molar-refractivity contribution in [3.05, 3.63) is 29.8 Å². The predicted octanol–water partition coefficient (Wildman–Crippen LogP) is 3.46. The number of hydrogen-bond donors (Lipinski definition) is 1. The lowest BCUT2D eigenvalue weighted by Gasteiger charge is -2.36. The average molecular weight is 318 g/mol. The maximum absolute atomic E-state index is 12.6. The van der Waals surface area contributed by atoms with Gasteiger partial charge in [0, 0.05) is 19.4 Å². The summed E-state index contributed by atoms with van der Waals surface area (Å²) in [7, 11) is 1.76. The average Bonchev–Trinajstić information content (AvgIpc) is 2.57. The first kappa shape index (κ1) is 18.0. The Kier molecular flexibility index (Phi) is 7.06. The Morgan fingerprint density at radius 3 is 2.52 bits per heavy atom. The van der Waals surface area contributed by atoms with Crippen LogP contribution in [0.4, 0.5) is 5.69 Å². The zero-order valence-corrected chi connectivity index (χ0v) is 14.7. The number of methoxy groups -OCH3 is 1. The van der Waals surface area contributed by atoms with Crippen LogP contribution in [0, 0.1) is 12.8 Å². The SMILES string of the molecule is CCC(C(=O)Nc1ccc(C)cc1)N1CCC(CCOC)CC1. The summed E-state index contributed by atoms with van der Waals surface area (Å²) >= 11 is 0. The van der Waals surface area contributed by atoms with Gasteiger partial charge >= 0.3 is 0 Å². The van der Waals surface area contributed by atoms with E-state index in [1.165, 1.54) is 5.56 Å². The molecule has 1 heterocycles. The van der Waals surface area contributed by atoms with E-state index in [0.29, 0.717) is 0 Å². The lowest BCUT2D eigenvalue weighted by molar-refractivity contribution is -0.122. The number of likely N-dealkylation sites (tertiary alicyclic amines) is 1. The third kappa shape index (κ3) is 5.33. The molecule has 1 unspecified atom stereocenters. The number of carbonyl (C=O) groups is 1. The normalized spacial score (nSPS) is 17.9. The monoisotopic (exact) mass is 318 g/mol. The van der Waals surface area contributed by atoms with Gasteiger partial charge in [0.05, 0.1) is 6.04 Å². The molecule has 1 aliphatic rings. The number of benzene rings is 1. The first-order valence-electron chi connectivity index (χ1n) is 8.74. The molecule has 1 aliphatic heterocycles. The van der Waals surface area contributed by atoms with Crippen molar-refractivity contribution in [2.24, 2.45) is 5.92 Å². The van der Waals surface area contributed by atoms with Crippen LogP contribution in [0.15, 0.2) is 24.3 Å². The number of ether oxygens (including phenoxy) is 1. The van der Waals surface area contributed by atoms with Crippen LogP contribution in [-0.4, -0.2) is 43.7 Å². The maximum atomic E-state index is 12.6. The van der Waals surface area contributed by atoms with Crippen LogP contribution in [0.25, 0.3) is 0 Å².